The number of hydrogen-bond donors (Lipinski definition) is 2. The van der Waals surface area contributed by atoms with Gasteiger partial charge in [0.25, 0.3) is 0 Å². The Balaban J connectivity index is 1.53. The van der Waals surface area contributed by atoms with Gasteiger partial charge in [0.15, 0.2) is 11.5 Å². The molecule has 2 fully saturated rings. The molecule has 0 spiro atoms. The number of methoxy groups -OCH3 is 1. The third-order valence-corrected chi connectivity index (χ3v) is 6.75. The summed E-state index contributed by atoms with van der Waals surface area (Å²) in [6.45, 7) is 2.52. The minimum atomic E-state index is -0.298. The number of aliphatic hydroxyl groups excluding tert-OH is 1. The van der Waals surface area contributed by atoms with E-state index in [0.29, 0.717) is 18.8 Å². The van der Waals surface area contributed by atoms with Gasteiger partial charge in [-0.3, -0.25) is 9.79 Å². The standard InChI is InChI=1S/C26H30N2O4/c1-3-32-24-13-19-20-12-18(29)10-11-22(20)28-25(21(19)14-23(24)31-2)15-6-8-17(9-7-15)27-26(30)16-4-5-16/h6-9,13-14,16,18,20,22,29H,3-5,10-12H2,1-2H3,(H,27,30). The summed E-state index contributed by atoms with van der Waals surface area (Å²) in [7, 11) is 1.65. The number of rotatable bonds is 6. The van der Waals surface area contributed by atoms with Crippen LogP contribution in [0.3, 0.4) is 0 Å². The first-order chi connectivity index (χ1) is 15.6. The van der Waals surface area contributed by atoms with Gasteiger partial charge in [-0.1, -0.05) is 12.1 Å². The number of anilines is 1. The van der Waals surface area contributed by atoms with Gasteiger partial charge in [0.05, 0.1) is 31.6 Å². The lowest BCUT2D eigenvalue weighted by atomic mass is 9.74. The molecule has 5 rings (SSSR count). The van der Waals surface area contributed by atoms with Crippen molar-refractivity contribution < 1.29 is 19.4 Å². The summed E-state index contributed by atoms with van der Waals surface area (Å²) < 4.78 is 11.5. The Labute approximate surface area is 188 Å². The van der Waals surface area contributed by atoms with E-state index < -0.39 is 0 Å². The van der Waals surface area contributed by atoms with Gasteiger partial charge in [-0.05, 0) is 68.9 Å². The van der Waals surface area contributed by atoms with E-state index in [0.717, 1.165) is 59.5 Å². The number of nitrogens with zero attached hydrogens (tertiary/aromatic N) is 1. The minimum absolute atomic E-state index is 0.106. The molecule has 2 aromatic rings. The molecule has 2 aliphatic carbocycles. The molecule has 6 nitrogen and oxygen atoms in total. The molecular weight excluding hydrogens is 404 g/mol. The second-order valence-electron chi connectivity index (χ2n) is 8.98. The summed E-state index contributed by atoms with van der Waals surface area (Å²) in [6.07, 6.45) is 4.01. The molecule has 1 amide bonds. The highest BCUT2D eigenvalue weighted by molar-refractivity contribution is 6.15. The smallest absolute Gasteiger partial charge is 0.227 e. The van der Waals surface area contributed by atoms with E-state index in [2.05, 4.69) is 11.4 Å². The number of aliphatic hydroxyl groups is 1. The van der Waals surface area contributed by atoms with E-state index in [-0.39, 0.29) is 29.9 Å². The zero-order valence-corrected chi connectivity index (χ0v) is 18.6. The predicted molar refractivity (Wildman–Crippen MR) is 124 cm³/mol. The van der Waals surface area contributed by atoms with Crippen molar-refractivity contribution in [1.82, 2.24) is 0 Å². The maximum absolute atomic E-state index is 12.1. The number of benzene rings is 2. The monoisotopic (exact) mass is 434 g/mol. The Hall–Kier alpha value is -2.86. The SMILES string of the molecule is CCOc1cc2c(cc1OC)C(c1ccc(NC(=O)C3CC3)cc1)=NC1CCC(O)CC21. The molecule has 3 aliphatic rings. The quantitative estimate of drug-likeness (QED) is 0.711. The van der Waals surface area contributed by atoms with Crippen LogP contribution >= 0.6 is 0 Å². The Kier molecular flexibility index (Phi) is 5.64. The largest absolute Gasteiger partial charge is 0.493 e. The maximum atomic E-state index is 12.1. The van der Waals surface area contributed by atoms with Gasteiger partial charge in [0, 0.05) is 28.7 Å². The average Bonchev–Trinajstić information content (AvgIpc) is 3.65. The first-order valence-electron chi connectivity index (χ1n) is 11.6. The number of hydrogen-bond acceptors (Lipinski definition) is 5. The van der Waals surface area contributed by atoms with Crippen molar-refractivity contribution in [2.45, 2.75) is 57.1 Å². The lowest BCUT2D eigenvalue weighted by Gasteiger charge is -2.37. The molecule has 3 atom stereocenters. The predicted octanol–water partition coefficient (Wildman–Crippen LogP) is 4.29. The molecule has 3 unspecified atom stereocenters. The van der Waals surface area contributed by atoms with Crippen molar-refractivity contribution in [3.05, 3.63) is 53.1 Å². The van der Waals surface area contributed by atoms with Crippen LogP contribution in [-0.4, -0.2) is 42.6 Å². The van der Waals surface area contributed by atoms with Crippen LogP contribution < -0.4 is 14.8 Å². The fraction of sp³-hybridized carbons (Fsp3) is 0.462. The molecule has 0 radical (unpaired) electrons. The Morgan fingerprint density at radius 1 is 1.12 bits per heavy atom. The molecule has 0 bridgehead atoms. The van der Waals surface area contributed by atoms with Crippen LogP contribution in [0.4, 0.5) is 5.69 Å². The Bertz CT molecular complexity index is 1040. The van der Waals surface area contributed by atoms with Gasteiger partial charge >= 0.3 is 0 Å². The van der Waals surface area contributed by atoms with Gasteiger partial charge < -0.3 is 19.9 Å². The van der Waals surface area contributed by atoms with Crippen LogP contribution in [0.5, 0.6) is 11.5 Å². The van der Waals surface area contributed by atoms with E-state index in [4.69, 9.17) is 14.5 Å². The Morgan fingerprint density at radius 2 is 1.91 bits per heavy atom. The van der Waals surface area contributed by atoms with Gasteiger partial charge in [0.2, 0.25) is 5.91 Å². The summed E-state index contributed by atoms with van der Waals surface area (Å²) in [5.41, 5.74) is 4.93. The number of carbonyl (C=O) groups is 1. The van der Waals surface area contributed by atoms with Crippen molar-refractivity contribution in [2.75, 3.05) is 19.0 Å². The van der Waals surface area contributed by atoms with Crippen LogP contribution in [0.1, 0.15) is 61.6 Å². The van der Waals surface area contributed by atoms with Crippen molar-refractivity contribution in [2.24, 2.45) is 10.9 Å². The second-order valence-corrected chi connectivity index (χ2v) is 8.98. The van der Waals surface area contributed by atoms with Gasteiger partial charge in [0.1, 0.15) is 0 Å². The van der Waals surface area contributed by atoms with Crippen LogP contribution in [0, 0.1) is 5.92 Å². The summed E-state index contributed by atoms with van der Waals surface area (Å²) in [4.78, 5) is 17.2. The molecule has 168 valence electrons. The topological polar surface area (TPSA) is 80.2 Å². The Morgan fingerprint density at radius 3 is 2.59 bits per heavy atom. The molecule has 0 aromatic heterocycles. The van der Waals surface area contributed by atoms with Gasteiger partial charge in [-0.25, -0.2) is 0 Å². The molecule has 2 N–H and O–H groups in total. The fourth-order valence-corrected chi connectivity index (χ4v) is 4.90. The van der Waals surface area contributed by atoms with Crippen molar-refractivity contribution in [1.29, 1.82) is 0 Å². The van der Waals surface area contributed by atoms with Crippen LogP contribution in [0.25, 0.3) is 0 Å². The zero-order valence-electron chi connectivity index (χ0n) is 18.6. The zero-order chi connectivity index (χ0) is 22.2. The summed E-state index contributed by atoms with van der Waals surface area (Å²) >= 11 is 0. The number of nitrogens with one attached hydrogen (secondary N) is 1. The third-order valence-electron chi connectivity index (χ3n) is 6.75. The highest BCUT2D eigenvalue weighted by atomic mass is 16.5. The summed E-state index contributed by atoms with van der Waals surface area (Å²) in [5, 5.41) is 13.3. The fourth-order valence-electron chi connectivity index (χ4n) is 4.90. The van der Waals surface area contributed by atoms with E-state index in [1.807, 2.05) is 37.3 Å². The highest BCUT2D eigenvalue weighted by Gasteiger charge is 2.37. The number of ether oxygens (including phenoxy) is 2. The number of fused-ring (bicyclic) bond motifs is 3. The normalized spacial score (nSPS) is 24.1. The molecule has 1 heterocycles. The first-order valence-corrected chi connectivity index (χ1v) is 11.6. The first kappa shape index (κ1) is 21.0. The molecule has 1 aliphatic heterocycles. The summed E-state index contributed by atoms with van der Waals surface area (Å²) in [5.74, 6) is 1.86. The molecule has 2 aromatic carbocycles. The van der Waals surface area contributed by atoms with Gasteiger partial charge in [-0.2, -0.15) is 0 Å². The van der Waals surface area contributed by atoms with Crippen molar-refractivity contribution in [3.63, 3.8) is 0 Å². The number of aliphatic imine (C=N–C) groups is 1. The average molecular weight is 435 g/mol. The lowest BCUT2D eigenvalue weighted by Crippen LogP contribution is -2.34. The minimum Gasteiger partial charge on any atom is -0.493 e. The highest BCUT2D eigenvalue weighted by Crippen LogP contribution is 2.45. The van der Waals surface area contributed by atoms with Crippen molar-refractivity contribution in [3.8, 4) is 11.5 Å². The molecule has 32 heavy (non-hydrogen) atoms. The van der Waals surface area contributed by atoms with Crippen LogP contribution in [0.2, 0.25) is 0 Å². The molecule has 0 saturated heterocycles. The summed E-state index contributed by atoms with van der Waals surface area (Å²) in [6, 6.07) is 12.2. The van der Waals surface area contributed by atoms with E-state index in [1.165, 1.54) is 0 Å². The van der Waals surface area contributed by atoms with E-state index in [1.54, 1.807) is 7.11 Å². The maximum Gasteiger partial charge on any atom is 0.227 e. The van der Waals surface area contributed by atoms with Crippen LogP contribution in [-0.2, 0) is 4.79 Å². The molecular formula is C26H30N2O4. The van der Waals surface area contributed by atoms with Gasteiger partial charge in [-0.15, -0.1) is 0 Å². The molecule has 6 heteroatoms. The number of carbonyl (C=O) groups excluding carboxylic acids is 1. The lowest BCUT2D eigenvalue weighted by molar-refractivity contribution is -0.117. The second kappa shape index (κ2) is 8.58. The third kappa shape index (κ3) is 3.99. The van der Waals surface area contributed by atoms with Crippen molar-refractivity contribution >= 4 is 17.3 Å². The van der Waals surface area contributed by atoms with E-state index in [9.17, 15) is 9.90 Å². The van der Waals surface area contributed by atoms with Crippen LogP contribution in [0.15, 0.2) is 41.4 Å². The number of amides is 1. The molecule has 2 saturated carbocycles. The van der Waals surface area contributed by atoms with E-state index >= 15 is 0 Å².